The molecule has 1 rings (SSSR count). The first kappa shape index (κ1) is 8.77. The van der Waals surface area contributed by atoms with E-state index in [0.29, 0.717) is 12.8 Å². The van der Waals surface area contributed by atoms with Gasteiger partial charge in [-0.05, 0) is 12.5 Å². The molecule has 0 radical (unpaired) electrons. The summed E-state index contributed by atoms with van der Waals surface area (Å²) >= 11 is 0. The van der Waals surface area contributed by atoms with Crippen molar-refractivity contribution in [3.8, 4) is 0 Å². The molecular weight excluding hydrogens is 158 g/mol. The average Bonchev–Trinajstić information content (AvgIpc) is 2.03. The minimum atomic E-state index is -0.995. The van der Waals surface area contributed by atoms with E-state index in [9.17, 15) is 9.59 Å². The van der Waals surface area contributed by atoms with E-state index in [1.807, 2.05) is 6.92 Å². The molecule has 0 aromatic heterocycles. The smallest absolute Gasteiger partial charge is 0.411 e. The van der Waals surface area contributed by atoms with Crippen LogP contribution in [0.3, 0.4) is 0 Å². The molecular formula is C8H11NO3. The predicted molar refractivity (Wildman–Crippen MR) is 42.7 cm³/mol. The van der Waals surface area contributed by atoms with Gasteiger partial charge in [0.2, 0.25) is 0 Å². The van der Waals surface area contributed by atoms with Crippen molar-refractivity contribution in [2.75, 3.05) is 0 Å². The highest BCUT2D eigenvalue weighted by Gasteiger charge is 2.24. The van der Waals surface area contributed by atoms with Gasteiger partial charge in [0, 0.05) is 18.7 Å². The molecule has 1 amide bonds. The third-order valence-electron chi connectivity index (χ3n) is 1.94. The fourth-order valence-corrected chi connectivity index (χ4v) is 1.24. The van der Waals surface area contributed by atoms with Crippen LogP contribution in [0.2, 0.25) is 0 Å². The molecule has 0 aromatic rings. The fraction of sp³-hybridized carbons (Fsp3) is 0.500. The zero-order valence-corrected chi connectivity index (χ0v) is 6.86. The monoisotopic (exact) mass is 169 g/mol. The molecule has 66 valence electrons. The van der Waals surface area contributed by atoms with E-state index in [2.05, 4.69) is 0 Å². The maximum absolute atomic E-state index is 10.9. The largest absolute Gasteiger partial charge is 0.465 e. The first-order chi connectivity index (χ1) is 5.65. The van der Waals surface area contributed by atoms with E-state index in [1.54, 1.807) is 0 Å². The van der Waals surface area contributed by atoms with Gasteiger partial charge in [0.25, 0.3) is 0 Å². The SMILES string of the molecule is CCC1CC(=O)C=CN1C(=O)O. The Balaban J connectivity index is 2.78. The molecule has 4 heteroatoms. The Morgan fingerprint density at radius 2 is 2.50 bits per heavy atom. The summed E-state index contributed by atoms with van der Waals surface area (Å²) in [5.41, 5.74) is 0. The first-order valence-corrected chi connectivity index (χ1v) is 3.87. The lowest BCUT2D eigenvalue weighted by Gasteiger charge is -2.27. The summed E-state index contributed by atoms with van der Waals surface area (Å²) in [5, 5.41) is 8.69. The maximum Gasteiger partial charge on any atom is 0.411 e. The maximum atomic E-state index is 10.9. The van der Waals surface area contributed by atoms with E-state index in [0.717, 1.165) is 0 Å². The van der Waals surface area contributed by atoms with Crippen molar-refractivity contribution >= 4 is 11.9 Å². The van der Waals surface area contributed by atoms with Crippen LogP contribution >= 0.6 is 0 Å². The Bertz CT molecular complexity index is 234. The number of nitrogens with zero attached hydrogens (tertiary/aromatic N) is 1. The first-order valence-electron chi connectivity index (χ1n) is 3.87. The summed E-state index contributed by atoms with van der Waals surface area (Å²) in [5.74, 6) is -0.000602. The van der Waals surface area contributed by atoms with E-state index in [1.165, 1.54) is 17.2 Å². The second-order valence-corrected chi connectivity index (χ2v) is 2.74. The van der Waals surface area contributed by atoms with Gasteiger partial charge in [-0.1, -0.05) is 6.92 Å². The molecule has 1 N–H and O–H groups in total. The van der Waals surface area contributed by atoms with Crippen molar-refractivity contribution in [2.45, 2.75) is 25.8 Å². The number of hydrogen-bond acceptors (Lipinski definition) is 2. The number of carboxylic acid groups (broad SMARTS) is 1. The molecule has 1 unspecified atom stereocenters. The Hall–Kier alpha value is -1.32. The van der Waals surface area contributed by atoms with Gasteiger partial charge >= 0.3 is 6.09 Å². The van der Waals surface area contributed by atoms with Gasteiger partial charge in [0.15, 0.2) is 5.78 Å². The van der Waals surface area contributed by atoms with Crippen LogP contribution in [-0.4, -0.2) is 27.9 Å². The number of amides is 1. The van der Waals surface area contributed by atoms with Gasteiger partial charge in [0.05, 0.1) is 0 Å². The van der Waals surface area contributed by atoms with Crippen LogP contribution in [0, 0.1) is 0 Å². The standard InChI is InChI=1S/C8H11NO3/c1-2-6-5-7(10)3-4-9(6)8(11)12/h3-4,6H,2,5H2,1H3,(H,11,12). The Morgan fingerprint density at radius 1 is 1.83 bits per heavy atom. The van der Waals surface area contributed by atoms with Gasteiger partial charge in [-0.3, -0.25) is 9.69 Å². The second-order valence-electron chi connectivity index (χ2n) is 2.74. The van der Waals surface area contributed by atoms with Crippen LogP contribution in [0.15, 0.2) is 12.3 Å². The minimum absolute atomic E-state index is 0.000602. The van der Waals surface area contributed by atoms with Crippen molar-refractivity contribution in [2.24, 2.45) is 0 Å². The lowest BCUT2D eigenvalue weighted by molar-refractivity contribution is -0.116. The molecule has 0 spiro atoms. The van der Waals surface area contributed by atoms with Crippen molar-refractivity contribution in [3.63, 3.8) is 0 Å². The van der Waals surface area contributed by atoms with Crippen molar-refractivity contribution in [1.29, 1.82) is 0 Å². The third-order valence-corrected chi connectivity index (χ3v) is 1.94. The zero-order chi connectivity index (χ0) is 9.14. The normalized spacial score (nSPS) is 22.9. The molecule has 1 aliphatic rings. The molecule has 0 saturated carbocycles. The van der Waals surface area contributed by atoms with Gasteiger partial charge in [0.1, 0.15) is 0 Å². The van der Waals surface area contributed by atoms with E-state index < -0.39 is 6.09 Å². The predicted octanol–water partition coefficient (Wildman–Crippen LogP) is 1.23. The van der Waals surface area contributed by atoms with Crippen molar-refractivity contribution in [3.05, 3.63) is 12.3 Å². The number of ketones is 1. The van der Waals surface area contributed by atoms with Crippen LogP contribution in [-0.2, 0) is 4.79 Å². The van der Waals surface area contributed by atoms with Crippen LogP contribution in [0.25, 0.3) is 0 Å². The highest BCUT2D eigenvalue weighted by molar-refractivity contribution is 5.92. The number of hydrogen-bond donors (Lipinski definition) is 1. The molecule has 0 bridgehead atoms. The van der Waals surface area contributed by atoms with Gasteiger partial charge in [-0.2, -0.15) is 0 Å². The lowest BCUT2D eigenvalue weighted by Crippen LogP contribution is -2.38. The molecule has 1 atom stereocenters. The Labute approximate surface area is 70.5 Å². The number of rotatable bonds is 1. The number of allylic oxidation sites excluding steroid dienone is 1. The zero-order valence-electron chi connectivity index (χ0n) is 6.86. The molecule has 4 nitrogen and oxygen atoms in total. The van der Waals surface area contributed by atoms with Crippen molar-refractivity contribution < 1.29 is 14.7 Å². The molecule has 0 fully saturated rings. The lowest BCUT2D eigenvalue weighted by atomic mass is 10.0. The summed E-state index contributed by atoms with van der Waals surface area (Å²) in [6.07, 6.45) is 2.62. The summed E-state index contributed by atoms with van der Waals surface area (Å²) < 4.78 is 0. The van der Waals surface area contributed by atoms with E-state index in [-0.39, 0.29) is 11.8 Å². The molecule has 0 saturated heterocycles. The van der Waals surface area contributed by atoms with E-state index >= 15 is 0 Å². The highest BCUT2D eigenvalue weighted by Crippen LogP contribution is 2.15. The quantitative estimate of drug-likeness (QED) is 0.642. The molecule has 1 heterocycles. The molecule has 1 aliphatic heterocycles. The summed E-state index contributed by atoms with van der Waals surface area (Å²) in [6, 6.07) is -0.181. The Kier molecular flexibility index (Phi) is 2.47. The van der Waals surface area contributed by atoms with Crippen LogP contribution in [0.4, 0.5) is 4.79 Å². The topological polar surface area (TPSA) is 57.6 Å². The second kappa shape index (κ2) is 3.38. The van der Waals surface area contributed by atoms with Crippen LogP contribution in [0.1, 0.15) is 19.8 Å². The fourth-order valence-electron chi connectivity index (χ4n) is 1.24. The number of carbonyl (C=O) groups excluding carboxylic acids is 1. The summed E-state index contributed by atoms with van der Waals surface area (Å²) in [6.45, 7) is 1.87. The molecule has 12 heavy (non-hydrogen) atoms. The third kappa shape index (κ3) is 1.64. The average molecular weight is 169 g/mol. The van der Waals surface area contributed by atoms with Gasteiger partial charge in [-0.15, -0.1) is 0 Å². The van der Waals surface area contributed by atoms with E-state index in [4.69, 9.17) is 5.11 Å². The summed E-state index contributed by atoms with van der Waals surface area (Å²) in [7, 11) is 0. The summed E-state index contributed by atoms with van der Waals surface area (Å²) in [4.78, 5) is 22.7. The van der Waals surface area contributed by atoms with Crippen LogP contribution in [0.5, 0.6) is 0 Å². The highest BCUT2D eigenvalue weighted by atomic mass is 16.4. The molecule has 0 aliphatic carbocycles. The Morgan fingerprint density at radius 3 is 3.00 bits per heavy atom. The van der Waals surface area contributed by atoms with Gasteiger partial charge < -0.3 is 5.11 Å². The van der Waals surface area contributed by atoms with Crippen LogP contribution < -0.4 is 0 Å². The van der Waals surface area contributed by atoms with Gasteiger partial charge in [-0.25, -0.2) is 4.79 Å². The molecule has 0 aromatic carbocycles. The number of carbonyl (C=O) groups is 2. The minimum Gasteiger partial charge on any atom is -0.465 e. The van der Waals surface area contributed by atoms with Crippen molar-refractivity contribution in [1.82, 2.24) is 4.90 Å².